The van der Waals surface area contributed by atoms with Gasteiger partial charge >= 0.3 is 5.63 Å². The highest BCUT2D eigenvalue weighted by molar-refractivity contribution is 6.10. The fourth-order valence-electron chi connectivity index (χ4n) is 4.13. The molecular weight excluding hydrogens is 380 g/mol. The van der Waals surface area contributed by atoms with Crippen LogP contribution in [0.15, 0.2) is 36.6 Å². The zero-order chi connectivity index (χ0) is 21.5. The Morgan fingerprint density at radius 2 is 1.70 bits per heavy atom. The number of hydrogen-bond acceptors (Lipinski definition) is 5. The van der Waals surface area contributed by atoms with Crippen LogP contribution in [0, 0.1) is 0 Å². The van der Waals surface area contributed by atoms with Gasteiger partial charge < -0.3 is 13.6 Å². The lowest BCUT2D eigenvalue weighted by atomic mass is 9.94. The van der Waals surface area contributed by atoms with E-state index < -0.39 is 11.2 Å². The predicted molar refractivity (Wildman–Crippen MR) is 119 cm³/mol. The van der Waals surface area contributed by atoms with E-state index in [0.29, 0.717) is 40.7 Å². The van der Waals surface area contributed by atoms with Gasteiger partial charge in [0.15, 0.2) is 16.6 Å². The third-order valence-electron chi connectivity index (χ3n) is 5.55. The van der Waals surface area contributed by atoms with Gasteiger partial charge in [-0.3, -0.25) is 4.79 Å². The van der Waals surface area contributed by atoms with E-state index in [9.17, 15) is 9.59 Å². The van der Waals surface area contributed by atoms with Crippen LogP contribution in [0.2, 0.25) is 0 Å². The number of fused-ring (bicyclic) bond motifs is 6. The standard InChI is InChI=1S/C25H28O5/c1-5-7-8-10-16-14-18(26)21-22(28-16)17-11-12-25(3,4)30-23(17)20-15(9-6-2)13-19(27)29-24(20)21/h11-14H,5-10H2,1-4H3. The minimum atomic E-state index is -0.522. The molecule has 2 aromatic heterocycles. The van der Waals surface area contributed by atoms with Gasteiger partial charge in [0, 0.05) is 18.6 Å². The van der Waals surface area contributed by atoms with E-state index in [1.165, 1.54) is 12.1 Å². The summed E-state index contributed by atoms with van der Waals surface area (Å²) in [6.45, 7) is 8.13. The maximum Gasteiger partial charge on any atom is 0.336 e. The van der Waals surface area contributed by atoms with Crippen LogP contribution in [0.25, 0.3) is 28.0 Å². The molecule has 0 aliphatic carbocycles. The Balaban J connectivity index is 2.11. The van der Waals surface area contributed by atoms with Gasteiger partial charge in [-0.2, -0.15) is 0 Å². The van der Waals surface area contributed by atoms with Crippen LogP contribution in [0.1, 0.15) is 70.3 Å². The summed E-state index contributed by atoms with van der Waals surface area (Å²) in [7, 11) is 0. The molecule has 158 valence electrons. The number of ether oxygens (including phenoxy) is 1. The van der Waals surface area contributed by atoms with E-state index in [2.05, 4.69) is 13.8 Å². The summed E-state index contributed by atoms with van der Waals surface area (Å²) >= 11 is 0. The topological polar surface area (TPSA) is 69.7 Å². The highest BCUT2D eigenvalue weighted by atomic mass is 16.5. The Hall–Kier alpha value is -2.82. The molecule has 0 fully saturated rings. The van der Waals surface area contributed by atoms with E-state index in [4.69, 9.17) is 13.6 Å². The monoisotopic (exact) mass is 408 g/mol. The van der Waals surface area contributed by atoms with Crippen LogP contribution >= 0.6 is 0 Å². The molecule has 0 unspecified atom stereocenters. The lowest BCUT2D eigenvalue weighted by molar-refractivity contribution is 0.161. The van der Waals surface area contributed by atoms with Crippen molar-refractivity contribution in [3.05, 3.63) is 55.7 Å². The molecule has 0 saturated heterocycles. The van der Waals surface area contributed by atoms with Crippen molar-refractivity contribution >= 4 is 28.0 Å². The molecule has 0 radical (unpaired) electrons. The van der Waals surface area contributed by atoms with Crippen molar-refractivity contribution in [1.82, 2.24) is 0 Å². The number of aryl methyl sites for hydroxylation is 2. The molecule has 0 bridgehead atoms. The summed E-state index contributed by atoms with van der Waals surface area (Å²) in [5.74, 6) is 1.26. The van der Waals surface area contributed by atoms with Crippen LogP contribution < -0.4 is 15.8 Å². The Bertz CT molecular complexity index is 1260. The molecular formula is C25H28O5. The second kappa shape index (κ2) is 7.78. The molecule has 30 heavy (non-hydrogen) atoms. The van der Waals surface area contributed by atoms with Crippen molar-refractivity contribution in [3.63, 3.8) is 0 Å². The molecule has 0 spiro atoms. The number of unbranched alkanes of at least 4 members (excludes halogenated alkanes) is 2. The van der Waals surface area contributed by atoms with Crippen LogP contribution in [0.4, 0.5) is 0 Å². The molecule has 4 rings (SSSR count). The van der Waals surface area contributed by atoms with Gasteiger partial charge in [-0.05, 0) is 44.4 Å². The maximum absolute atomic E-state index is 13.2. The number of hydrogen-bond donors (Lipinski definition) is 0. The summed E-state index contributed by atoms with van der Waals surface area (Å²) in [6.07, 6.45) is 9.28. The first-order valence-electron chi connectivity index (χ1n) is 10.8. The first-order valence-corrected chi connectivity index (χ1v) is 10.8. The van der Waals surface area contributed by atoms with Gasteiger partial charge in [0.2, 0.25) is 0 Å². The Kier molecular flexibility index (Phi) is 5.31. The average molecular weight is 408 g/mol. The summed E-state index contributed by atoms with van der Waals surface area (Å²) in [5, 5.41) is 1.01. The predicted octanol–water partition coefficient (Wildman–Crippen LogP) is 5.77. The third kappa shape index (κ3) is 3.57. The lowest BCUT2D eigenvalue weighted by Gasteiger charge is -2.29. The third-order valence-corrected chi connectivity index (χ3v) is 5.55. The van der Waals surface area contributed by atoms with Crippen molar-refractivity contribution in [2.24, 2.45) is 0 Å². The Morgan fingerprint density at radius 1 is 0.900 bits per heavy atom. The fraction of sp³-hybridized carbons (Fsp3) is 0.440. The van der Waals surface area contributed by atoms with Crippen LogP contribution in [0.3, 0.4) is 0 Å². The van der Waals surface area contributed by atoms with Crippen molar-refractivity contribution in [2.75, 3.05) is 0 Å². The summed E-state index contributed by atoms with van der Waals surface area (Å²) < 4.78 is 18.1. The fourth-order valence-corrected chi connectivity index (χ4v) is 4.13. The largest absolute Gasteiger partial charge is 0.482 e. The Morgan fingerprint density at radius 3 is 2.43 bits per heavy atom. The zero-order valence-corrected chi connectivity index (χ0v) is 18.1. The highest BCUT2D eigenvalue weighted by Crippen LogP contribution is 2.43. The summed E-state index contributed by atoms with van der Waals surface area (Å²) in [4.78, 5) is 25.5. The van der Waals surface area contributed by atoms with Crippen molar-refractivity contribution < 1.29 is 13.6 Å². The first kappa shape index (κ1) is 20.5. The molecule has 1 aliphatic heterocycles. The molecule has 0 atom stereocenters. The second-order valence-corrected chi connectivity index (χ2v) is 8.56. The van der Waals surface area contributed by atoms with Gasteiger partial charge in [0.05, 0.1) is 10.9 Å². The number of rotatable bonds is 6. The van der Waals surface area contributed by atoms with Gasteiger partial charge in [-0.1, -0.05) is 33.1 Å². The first-order chi connectivity index (χ1) is 14.3. The number of benzene rings is 1. The molecule has 0 N–H and O–H groups in total. The molecule has 3 aromatic rings. The molecule has 5 heteroatoms. The normalized spacial score (nSPS) is 14.8. The minimum absolute atomic E-state index is 0.189. The Labute approximate surface area is 175 Å². The molecule has 5 nitrogen and oxygen atoms in total. The van der Waals surface area contributed by atoms with Gasteiger partial charge in [0.1, 0.15) is 22.5 Å². The summed E-state index contributed by atoms with van der Waals surface area (Å²) in [5.41, 5.74) is 1.08. The quantitative estimate of drug-likeness (QED) is 0.294. The van der Waals surface area contributed by atoms with E-state index >= 15 is 0 Å². The summed E-state index contributed by atoms with van der Waals surface area (Å²) in [6, 6.07) is 3.04. The molecule has 3 heterocycles. The van der Waals surface area contributed by atoms with Crippen molar-refractivity contribution in [1.29, 1.82) is 0 Å². The lowest BCUT2D eigenvalue weighted by Crippen LogP contribution is -2.28. The van der Waals surface area contributed by atoms with Crippen LogP contribution in [-0.2, 0) is 12.8 Å². The molecule has 0 amide bonds. The van der Waals surface area contributed by atoms with Gasteiger partial charge in [0.25, 0.3) is 0 Å². The highest BCUT2D eigenvalue weighted by Gasteiger charge is 2.30. The SMILES string of the molecule is CCCCCc1cc(=O)c2c(o1)c1c(c3c(CCC)cc(=O)oc32)OC(C)(C)C=C1. The van der Waals surface area contributed by atoms with Gasteiger partial charge in [-0.25, -0.2) is 4.79 Å². The minimum Gasteiger partial charge on any atom is -0.482 e. The smallest absolute Gasteiger partial charge is 0.336 e. The van der Waals surface area contributed by atoms with E-state index in [-0.39, 0.29) is 11.0 Å². The molecule has 0 saturated carbocycles. The molecule has 1 aliphatic rings. The van der Waals surface area contributed by atoms with E-state index in [0.717, 1.165) is 36.8 Å². The van der Waals surface area contributed by atoms with E-state index in [1.54, 1.807) is 0 Å². The van der Waals surface area contributed by atoms with E-state index in [1.807, 2.05) is 26.0 Å². The van der Waals surface area contributed by atoms with Gasteiger partial charge in [-0.15, -0.1) is 0 Å². The van der Waals surface area contributed by atoms with Crippen molar-refractivity contribution in [3.8, 4) is 5.75 Å². The second-order valence-electron chi connectivity index (χ2n) is 8.56. The van der Waals surface area contributed by atoms with Crippen LogP contribution in [0.5, 0.6) is 5.75 Å². The average Bonchev–Trinajstić information content (AvgIpc) is 2.67. The van der Waals surface area contributed by atoms with Crippen molar-refractivity contribution in [2.45, 2.75) is 71.8 Å². The molecule has 1 aromatic carbocycles. The maximum atomic E-state index is 13.2. The van der Waals surface area contributed by atoms with Crippen LogP contribution in [-0.4, -0.2) is 5.60 Å². The zero-order valence-electron chi connectivity index (χ0n) is 18.1.